The first kappa shape index (κ1) is 23.9. The summed E-state index contributed by atoms with van der Waals surface area (Å²) in [6.07, 6.45) is -1.34. The number of nitrogens with one attached hydrogen (secondary N) is 1. The second-order valence-electron chi connectivity index (χ2n) is 9.24. The highest BCUT2D eigenvalue weighted by molar-refractivity contribution is 5.93. The Labute approximate surface area is 215 Å². The Hall–Kier alpha value is -4.48. The quantitative estimate of drug-likeness (QED) is 0.406. The van der Waals surface area contributed by atoms with Gasteiger partial charge in [-0.05, 0) is 41.5 Å². The van der Waals surface area contributed by atoms with E-state index in [1.165, 1.54) is 11.0 Å². The van der Waals surface area contributed by atoms with Crippen molar-refractivity contribution in [2.45, 2.75) is 31.2 Å². The Balaban J connectivity index is 1.22. The molecule has 2 aliphatic rings. The number of amides is 1. The number of rotatable bonds is 5. The molecule has 0 fully saturated rings. The smallest absolute Gasteiger partial charge is 0.410 e. The zero-order valence-electron chi connectivity index (χ0n) is 20.2. The van der Waals surface area contributed by atoms with Gasteiger partial charge < -0.3 is 19.7 Å². The number of alkyl halides is 3. The molecule has 38 heavy (non-hydrogen) atoms. The first-order valence-corrected chi connectivity index (χ1v) is 11.9. The van der Waals surface area contributed by atoms with Crippen LogP contribution in [0.3, 0.4) is 0 Å². The minimum absolute atomic E-state index is 0.0660. The Kier molecular flexibility index (Phi) is 5.73. The summed E-state index contributed by atoms with van der Waals surface area (Å²) in [6.45, 7) is 0.332. The van der Waals surface area contributed by atoms with Crippen LogP contribution in [0.2, 0.25) is 0 Å². The van der Waals surface area contributed by atoms with E-state index in [1.54, 1.807) is 36.1 Å². The predicted octanol–water partition coefficient (Wildman–Crippen LogP) is 4.73. The van der Waals surface area contributed by atoms with E-state index in [0.29, 0.717) is 17.1 Å². The van der Waals surface area contributed by atoms with Crippen molar-refractivity contribution in [2.75, 3.05) is 19.2 Å². The van der Waals surface area contributed by atoms with E-state index in [1.807, 2.05) is 36.5 Å². The molecule has 4 aromatic rings. The van der Waals surface area contributed by atoms with Gasteiger partial charge >= 0.3 is 6.18 Å². The monoisotopic (exact) mass is 524 g/mol. The van der Waals surface area contributed by atoms with E-state index in [2.05, 4.69) is 15.5 Å². The van der Waals surface area contributed by atoms with Gasteiger partial charge in [0.05, 0.1) is 11.7 Å². The van der Waals surface area contributed by atoms with Gasteiger partial charge in [-0.2, -0.15) is 23.4 Å². The molecular weight excluding hydrogens is 501 g/mol. The molecule has 0 unspecified atom stereocenters. The maximum atomic E-state index is 14.1. The summed E-state index contributed by atoms with van der Waals surface area (Å²) in [5, 5.41) is 11.4. The average Bonchev–Trinajstić information content (AvgIpc) is 3.67. The fourth-order valence-electron chi connectivity index (χ4n) is 4.74. The van der Waals surface area contributed by atoms with Crippen molar-refractivity contribution < 1.29 is 27.4 Å². The van der Waals surface area contributed by atoms with Crippen LogP contribution in [0.15, 0.2) is 67.0 Å². The first-order valence-electron chi connectivity index (χ1n) is 11.9. The van der Waals surface area contributed by atoms with Gasteiger partial charge in [-0.25, -0.2) is 9.36 Å². The van der Waals surface area contributed by atoms with Gasteiger partial charge in [0.2, 0.25) is 6.79 Å². The van der Waals surface area contributed by atoms with Crippen LogP contribution in [-0.2, 0) is 6.54 Å². The number of benzene rings is 2. The number of aromatic nitrogens is 4. The first-order chi connectivity index (χ1) is 18.3. The van der Waals surface area contributed by atoms with Crippen LogP contribution in [0, 0.1) is 0 Å². The van der Waals surface area contributed by atoms with Crippen LogP contribution >= 0.6 is 0 Å². The van der Waals surface area contributed by atoms with Crippen LogP contribution < -0.4 is 14.8 Å². The number of hydrogen-bond donors (Lipinski definition) is 1. The highest BCUT2D eigenvalue weighted by atomic mass is 19.4. The molecule has 2 aromatic carbocycles. The maximum Gasteiger partial charge on any atom is 0.410 e. The third-order valence-electron chi connectivity index (χ3n) is 6.68. The van der Waals surface area contributed by atoms with Crippen LogP contribution in [-0.4, -0.2) is 50.4 Å². The molecule has 0 saturated heterocycles. The molecule has 0 radical (unpaired) electrons. The summed E-state index contributed by atoms with van der Waals surface area (Å²) in [5.41, 5.74) is 2.29. The van der Waals surface area contributed by atoms with Gasteiger partial charge in [-0.3, -0.25) is 4.79 Å². The van der Waals surface area contributed by atoms with Gasteiger partial charge in [-0.1, -0.05) is 18.2 Å². The molecule has 0 bridgehead atoms. The molecule has 1 amide bonds. The molecule has 0 saturated carbocycles. The van der Waals surface area contributed by atoms with Crippen LogP contribution in [0.1, 0.15) is 40.1 Å². The van der Waals surface area contributed by atoms with E-state index in [9.17, 15) is 18.0 Å². The SMILES string of the molecule is CN(Cc1ccc(-n2cccn2)cc1)C(=O)c1cc2n(n1)[C@@H](C(F)(F)F)C[C@@H](c1ccc3c(c1)OCO3)N2. The highest BCUT2D eigenvalue weighted by Gasteiger charge is 2.47. The minimum Gasteiger partial charge on any atom is -0.454 e. The summed E-state index contributed by atoms with van der Waals surface area (Å²) in [6, 6.07) is 13.2. The summed E-state index contributed by atoms with van der Waals surface area (Å²) < 4.78 is 55.5. The molecule has 196 valence electrons. The van der Waals surface area contributed by atoms with Crippen LogP contribution in [0.4, 0.5) is 19.0 Å². The van der Waals surface area contributed by atoms with Gasteiger partial charge in [0.15, 0.2) is 23.2 Å². The molecule has 1 N–H and O–H groups in total. The summed E-state index contributed by atoms with van der Waals surface area (Å²) in [5.74, 6) is 0.683. The standard InChI is InChI=1S/C26H23F3N6O3/c1-33(14-16-3-6-18(7-4-16)34-10-2-9-30-34)25(36)20-13-24-31-19(12-23(26(27,28)29)35(24)32-20)17-5-8-21-22(11-17)38-15-37-21/h2-11,13,19,23,31H,12,14-15H2,1H3/t19-,23+/m0/s1. The number of fused-ring (bicyclic) bond motifs is 2. The fourth-order valence-corrected chi connectivity index (χ4v) is 4.74. The summed E-state index contributed by atoms with van der Waals surface area (Å²) >= 11 is 0. The number of nitrogens with zero attached hydrogens (tertiary/aromatic N) is 5. The predicted molar refractivity (Wildman–Crippen MR) is 130 cm³/mol. The summed E-state index contributed by atoms with van der Waals surface area (Å²) in [4.78, 5) is 14.6. The molecule has 2 aliphatic heterocycles. The van der Waals surface area contributed by atoms with E-state index in [-0.39, 0.29) is 31.3 Å². The lowest BCUT2D eigenvalue weighted by Gasteiger charge is -2.33. The third kappa shape index (κ3) is 4.42. The summed E-state index contributed by atoms with van der Waals surface area (Å²) in [7, 11) is 1.59. The van der Waals surface area contributed by atoms with E-state index < -0.39 is 24.2 Å². The Morgan fingerprint density at radius 2 is 1.92 bits per heavy atom. The van der Waals surface area contributed by atoms with Crippen molar-refractivity contribution in [3.63, 3.8) is 0 Å². The molecule has 4 heterocycles. The molecular formula is C26H23F3N6O3. The molecule has 0 aliphatic carbocycles. The van der Waals surface area contributed by atoms with Gasteiger partial charge in [0, 0.05) is 38.5 Å². The lowest BCUT2D eigenvalue weighted by Crippen LogP contribution is -2.35. The minimum atomic E-state index is -4.56. The Morgan fingerprint density at radius 1 is 1.13 bits per heavy atom. The average molecular weight is 525 g/mol. The topological polar surface area (TPSA) is 86.4 Å². The Morgan fingerprint density at radius 3 is 2.66 bits per heavy atom. The van der Waals surface area contributed by atoms with Crippen molar-refractivity contribution in [1.29, 1.82) is 0 Å². The lowest BCUT2D eigenvalue weighted by molar-refractivity contribution is -0.173. The molecule has 12 heteroatoms. The number of hydrogen-bond acceptors (Lipinski definition) is 6. The van der Waals surface area contributed by atoms with Crippen molar-refractivity contribution in [3.8, 4) is 17.2 Å². The highest BCUT2D eigenvalue weighted by Crippen LogP contribution is 2.45. The van der Waals surface area contributed by atoms with Crippen LogP contribution in [0.5, 0.6) is 11.5 Å². The van der Waals surface area contributed by atoms with E-state index in [0.717, 1.165) is 15.9 Å². The third-order valence-corrected chi connectivity index (χ3v) is 6.68. The second-order valence-corrected chi connectivity index (χ2v) is 9.24. The largest absolute Gasteiger partial charge is 0.454 e. The normalized spacial score (nSPS) is 18.1. The number of carbonyl (C=O) groups is 1. The zero-order valence-corrected chi connectivity index (χ0v) is 20.2. The molecule has 2 atom stereocenters. The Bertz CT molecular complexity index is 1470. The second kappa shape index (κ2) is 9.12. The van der Waals surface area contributed by atoms with Gasteiger partial charge in [0.25, 0.3) is 5.91 Å². The molecule has 2 aromatic heterocycles. The molecule has 6 rings (SSSR count). The van der Waals surface area contributed by atoms with Crippen molar-refractivity contribution >= 4 is 11.7 Å². The number of carbonyl (C=O) groups excluding carboxylic acids is 1. The number of halogens is 3. The van der Waals surface area contributed by atoms with E-state index in [4.69, 9.17) is 9.47 Å². The van der Waals surface area contributed by atoms with Crippen molar-refractivity contribution in [1.82, 2.24) is 24.5 Å². The van der Waals surface area contributed by atoms with Crippen LogP contribution in [0.25, 0.3) is 5.69 Å². The molecule has 0 spiro atoms. The zero-order chi connectivity index (χ0) is 26.4. The van der Waals surface area contributed by atoms with Crippen molar-refractivity contribution in [3.05, 3.63) is 83.8 Å². The fraction of sp³-hybridized carbons (Fsp3) is 0.269. The molecule has 9 nitrogen and oxygen atoms in total. The van der Waals surface area contributed by atoms with Gasteiger partial charge in [0.1, 0.15) is 5.82 Å². The number of ether oxygens (including phenoxy) is 2. The number of anilines is 1. The van der Waals surface area contributed by atoms with Gasteiger partial charge in [-0.15, -0.1) is 0 Å². The van der Waals surface area contributed by atoms with E-state index >= 15 is 0 Å². The van der Waals surface area contributed by atoms with Crippen molar-refractivity contribution in [2.24, 2.45) is 0 Å². The lowest BCUT2D eigenvalue weighted by atomic mass is 9.96. The maximum absolute atomic E-state index is 14.1.